The van der Waals surface area contributed by atoms with Crippen LogP contribution < -0.4 is 0 Å². The quantitative estimate of drug-likeness (QED) is 0.0261. The molecule has 0 rings (SSSR count). The number of carbonyl (C=O) groups excluding carboxylic acids is 3. The molecule has 0 radical (unpaired) electrons. The SMILES string of the molecule is CC/C=C\C/C=C\C/C=C\CCCCCC(=O)OC(COC(=O)CCCCCCC/C=C\CCCC)COC(=O)CCCCCCCCCCCCCCCCCCCCCCCCCCCCCCC. The van der Waals surface area contributed by atoms with E-state index in [9.17, 15) is 14.4 Å². The van der Waals surface area contributed by atoms with Crippen LogP contribution in [0.3, 0.4) is 0 Å². The van der Waals surface area contributed by atoms with Crippen molar-refractivity contribution >= 4 is 17.9 Å². The highest BCUT2D eigenvalue weighted by molar-refractivity contribution is 5.71. The lowest BCUT2D eigenvalue weighted by Gasteiger charge is -2.18. The third kappa shape index (κ3) is 58.1. The normalized spacial score (nSPS) is 12.3. The molecular weight excluding hydrogens is 877 g/mol. The number of allylic oxidation sites excluding steroid dienone is 8. The summed E-state index contributed by atoms with van der Waals surface area (Å²) in [6.07, 6.45) is 74.4. The Morgan fingerprint density at radius 2 is 0.563 bits per heavy atom. The summed E-state index contributed by atoms with van der Waals surface area (Å²) >= 11 is 0. The molecule has 0 aromatic carbocycles. The van der Waals surface area contributed by atoms with Crippen molar-refractivity contribution in [1.29, 1.82) is 0 Å². The van der Waals surface area contributed by atoms with E-state index in [0.717, 1.165) is 89.9 Å². The van der Waals surface area contributed by atoms with Gasteiger partial charge >= 0.3 is 17.9 Å². The van der Waals surface area contributed by atoms with E-state index in [0.29, 0.717) is 19.3 Å². The third-order valence-corrected chi connectivity index (χ3v) is 13.8. The number of hydrogen-bond donors (Lipinski definition) is 0. The molecule has 0 amide bonds. The van der Waals surface area contributed by atoms with Crippen molar-refractivity contribution in [2.24, 2.45) is 0 Å². The Hall–Kier alpha value is -2.63. The largest absolute Gasteiger partial charge is 0.462 e. The number of carbonyl (C=O) groups is 3. The minimum Gasteiger partial charge on any atom is -0.462 e. The monoisotopic (exact) mass is 995 g/mol. The molecule has 0 aliphatic rings. The predicted molar refractivity (Wildman–Crippen MR) is 307 cm³/mol. The van der Waals surface area contributed by atoms with Gasteiger partial charge in [-0.05, 0) is 70.6 Å². The molecule has 0 N–H and O–H groups in total. The van der Waals surface area contributed by atoms with Gasteiger partial charge in [-0.25, -0.2) is 0 Å². The van der Waals surface area contributed by atoms with Gasteiger partial charge in [-0.3, -0.25) is 14.4 Å². The fourth-order valence-electron chi connectivity index (χ4n) is 9.15. The minimum atomic E-state index is -0.789. The van der Waals surface area contributed by atoms with Crippen molar-refractivity contribution in [3.63, 3.8) is 0 Å². The Bertz CT molecular complexity index is 1230. The summed E-state index contributed by atoms with van der Waals surface area (Å²) in [5.41, 5.74) is 0. The maximum atomic E-state index is 12.8. The molecule has 1 unspecified atom stereocenters. The van der Waals surface area contributed by atoms with Crippen LogP contribution in [0.25, 0.3) is 0 Å². The molecule has 0 aliphatic heterocycles. The van der Waals surface area contributed by atoms with Gasteiger partial charge in [0.1, 0.15) is 13.2 Å². The summed E-state index contributed by atoms with van der Waals surface area (Å²) in [5.74, 6) is -0.911. The standard InChI is InChI=1S/C65H118O6/c1-4-7-10-13-16-19-22-24-25-26-27-28-29-30-31-32-33-34-35-36-37-38-39-41-43-46-49-52-55-58-64(67)70-61-62(60-69-63(66)57-54-51-48-45-42-21-18-15-12-9-6-3)71-65(68)59-56-53-50-47-44-40-23-20-17-14-11-8-5-2/h8,11,15,17-18,20,40,44,62H,4-7,9-10,12-14,16,19,21-39,41-43,45-61H2,1-3H3/b11-8-,18-15-,20-17-,44-40-. The first-order valence-corrected chi connectivity index (χ1v) is 31.1. The highest BCUT2D eigenvalue weighted by Gasteiger charge is 2.19. The first-order valence-electron chi connectivity index (χ1n) is 31.1. The first kappa shape index (κ1) is 68.4. The predicted octanol–water partition coefficient (Wildman–Crippen LogP) is 21.0. The number of unbranched alkanes of at least 4 members (excludes halogenated alkanes) is 38. The number of rotatable bonds is 57. The van der Waals surface area contributed by atoms with Crippen LogP contribution >= 0.6 is 0 Å². The van der Waals surface area contributed by atoms with Crippen molar-refractivity contribution in [3.05, 3.63) is 48.6 Å². The second kappa shape index (κ2) is 59.9. The Balaban J connectivity index is 4.10. The Morgan fingerprint density at radius 1 is 0.296 bits per heavy atom. The van der Waals surface area contributed by atoms with Gasteiger partial charge in [0.15, 0.2) is 6.10 Å². The van der Waals surface area contributed by atoms with Gasteiger partial charge in [0.05, 0.1) is 0 Å². The van der Waals surface area contributed by atoms with E-state index in [1.807, 2.05) is 0 Å². The smallest absolute Gasteiger partial charge is 0.306 e. The molecule has 0 aromatic rings. The number of hydrogen-bond acceptors (Lipinski definition) is 6. The zero-order valence-electron chi connectivity index (χ0n) is 47.5. The van der Waals surface area contributed by atoms with E-state index < -0.39 is 6.10 Å². The van der Waals surface area contributed by atoms with E-state index in [1.165, 1.54) is 199 Å². The topological polar surface area (TPSA) is 78.9 Å². The highest BCUT2D eigenvalue weighted by Crippen LogP contribution is 2.18. The van der Waals surface area contributed by atoms with Crippen molar-refractivity contribution < 1.29 is 28.6 Å². The zero-order valence-corrected chi connectivity index (χ0v) is 47.5. The molecule has 71 heavy (non-hydrogen) atoms. The van der Waals surface area contributed by atoms with Crippen molar-refractivity contribution in [2.45, 2.75) is 335 Å². The molecule has 0 spiro atoms. The third-order valence-electron chi connectivity index (χ3n) is 13.8. The Morgan fingerprint density at radius 3 is 0.930 bits per heavy atom. The van der Waals surface area contributed by atoms with E-state index >= 15 is 0 Å². The van der Waals surface area contributed by atoms with Gasteiger partial charge in [-0.15, -0.1) is 0 Å². The van der Waals surface area contributed by atoms with E-state index in [-0.39, 0.29) is 31.1 Å². The van der Waals surface area contributed by atoms with Gasteiger partial charge in [-0.1, -0.05) is 288 Å². The van der Waals surface area contributed by atoms with E-state index in [2.05, 4.69) is 69.4 Å². The molecule has 0 saturated carbocycles. The van der Waals surface area contributed by atoms with Gasteiger partial charge in [0, 0.05) is 19.3 Å². The zero-order chi connectivity index (χ0) is 51.4. The highest BCUT2D eigenvalue weighted by atomic mass is 16.6. The summed E-state index contributed by atoms with van der Waals surface area (Å²) in [4.78, 5) is 38.1. The van der Waals surface area contributed by atoms with Crippen molar-refractivity contribution in [2.75, 3.05) is 13.2 Å². The molecule has 1 atom stereocenters. The number of esters is 3. The summed E-state index contributed by atoms with van der Waals surface area (Å²) in [6.45, 7) is 6.49. The molecule has 0 heterocycles. The van der Waals surface area contributed by atoms with Crippen LogP contribution in [0.5, 0.6) is 0 Å². The molecule has 0 bridgehead atoms. The lowest BCUT2D eigenvalue weighted by atomic mass is 10.0. The second-order valence-electron chi connectivity index (χ2n) is 20.9. The second-order valence-corrected chi connectivity index (χ2v) is 20.9. The summed E-state index contributed by atoms with van der Waals surface area (Å²) in [7, 11) is 0. The molecule has 0 aliphatic carbocycles. The van der Waals surface area contributed by atoms with Crippen LogP contribution in [0, 0.1) is 0 Å². The fourth-order valence-corrected chi connectivity index (χ4v) is 9.15. The van der Waals surface area contributed by atoms with Crippen LogP contribution in [-0.2, 0) is 28.6 Å². The van der Waals surface area contributed by atoms with Gasteiger partial charge in [0.2, 0.25) is 0 Å². The molecule has 414 valence electrons. The average Bonchev–Trinajstić information content (AvgIpc) is 3.37. The lowest BCUT2D eigenvalue weighted by molar-refractivity contribution is -0.167. The minimum absolute atomic E-state index is 0.0849. The van der Waals surface area contributed by atoms with Crippen LogP contribution in [0.15, 0.2) is 48.6 Å². The molecule has 6 heteroatoms. The van der Waals surface area contributed by atoms with Crippen molar-refractivity contribution in [3.8, 4) is 0 Å². The van der Waals surface area contributed by atoms with Crippen LogP contribution in [-0.4, -0.2) is 37.2 Å². The van der Waals surface area contributed by atoms with Gasteiger partial charge < -0.3 is 14.2 Å². The lowest BCUT2D eigenvalue weighted by Crippen LogP contribution is -2.30. The van der Waals surface area contributed by atoms with Crippen LogP contribution in [0.2, 0.25) is 0 Å². The Kier molecular flexibility index (Phi) is 57.7. The maximum absolute atomic E-state index is 12.8. The number of ether oxygens (including phenoxy) is 3. The molecule has 0 aromatic heterocycles. The first-order chi connectivity index (χ1) is 35.0. The van der Waals surface area contributed by atoms with Crippen molar-refractivity contribution in [1.82, 2.24) is 0 Å². The molecule has 6 nitrogen and oxygen atoms in total. The van der Waals surface area contributed by atoms with Gasteiger partial charge in [0.25, 0.3) is 0 Å². The maximum Gasteiger partial charge on any atom is 0.306 e. The summed E-state index contributed by atoms with van der Waals surface area (Å²) < 4.78 is 16.8. The molecule has 0 saturated heterocycles. The van der Waals surface area contributed by atoms with E-state index in [4.69, 9.17) is 14.2 Å². The fraction of sp³-hybridized carbons (Fsp3) is 0.831. The van der Waals surface area contributed by atoms with Crippen LogP contribution in [0.4, 0.5) is 0 Å². The molecular formula is C65H118O6. The van der Waals surface area contributed by atoms with Crippen LogP contribution in [0.1, 0.15) is 329 Å². The van der Waals surface area contributed by atoms with Gasteiger partial charge in [-0.2, -0.15) is 0 Å². The van der Waals surface area contributed by atoms with E-state index in [1.54, 1.807) is 0 Å². The average molecular weight is 996 g/mol. The molecule has 0 fully saturated rings. The summed E-state index contributed by atoms with van der Waals surface area (Å²) in [6, 6.07) is 0. The Labute approximate surface area is 441 Å². The summed E-state index contributed by atoms with van der Waals surface area (Å²) in [5, 5.41) is 0.